The number of H-pyrrole nitrogens is 1. The van der Waals surface area contributed by atoms with Gasteiger partial charge in [0.2, 0.25) is 0 Å². The summed E-state index contributed by atoms with van der Waals surface area (Å²) in [6.07, 6.45) is 2.00. The summed E-state index contributed by atoms with van der Waals surface area (Å²) >= 11 is 0.202. The Bertz CT molecular complexity index is 554. The number of hydrogen-bond acceptors (Lipinski definition) is 2. The van der Waals surface area contributed by atoms with Crippen LogP contribution in [0.1, 0.15) is 0 Å². The van der Waals surface area contributed by atoms with Crippen molar-refractivity contribution in [1.82, 2.24) is 14.2 Å². The Kier molecular flexibility index (Phi) is 1.75. The first-order valence-corrected chi connectivity index (χ1v) is 6.04. The van der Waals surface area contributed by atoms with E-state index in [1.54, 1.807) is 0 Å². The molecule has 0 aliphatic rings. The molecule has 0 amide bonds. The van der Waals surface area contributed by atoms with Gasteiger partial charge in [0.25, 0.3) is 0 Å². The molecule has 0 saturated carbocycles. The minimum atomic E-state index is 0.202. The van der Waals surface area contributed by atoms with Gasteiger partial charge in [-0.05, 0) is 0 Å². The maximum absolute atomic E-state index is 4.12. The molecule has 3 nitrogen and oxygen atoms in total. The topological polar surface area (TPSA) is 41.6 Å². The average molecular weight is 248 g/mol. The number of hydrogen-bond donors (Lipinski definition) is 1. The summed E-state index contributed by atoms with van der Waals surface area (Å²) in [6.45, 7) is 0. The normalized spacial score (nSPS) is 10.9. The van der Waals surface area contributed by atoms with Crippen LogP contribution in [0.4, 0.5) is 0 Å². The van der Waals surface area contributed by atoms with Gasteiger partial charge in [0.1, 0.15) is 0 Å². The molecule has 2 aromatic heterocycles. The Balaban J connectivity index is 2.33. The number of para-hydroxylation sites is 1. The maximum atomic E-state index is 4.12. The molecule has 3 aromatic rings. The summed E-state index contributed by atoms with van der Waals surface area (Å²) in [5, 5.41) is 5.34. The molecule has 0 spiro atoms. The molecule has 0 aliphatic heterocycles. The van der Waals surface area contributed by atoms with E-state index in [2.05, 4.69) is 31.2 Å². The molecule has 0 fully saturated rings. The molecular formula is C10H7N3Se. The van der Waals surface area contributed by atoms with Gasteiger partial charge in [-0.2, -0.15) is 0 Å². The summed E-state index contributed by atoms with van der Waals surface area (Å²) in [5.41, 5.74) is 3.31. The SMILES string of the molecule is c1ccc2c(-c3c[se]nn3)c[nH]c2c1. The van der Waals surface area contributed by atoms with Crippen molar-refractivity contribution in [3.05, 3.63) is 35.4 Å². The van der Waals surface area contributed by atoms with Gasteiger partial charge in [-0.25, -0.2) is 0 Å². The minimum absolute atomic E-state index is 0.202. The van der Waals surface area contributed by atoms with Crippen LogP contribution in [0.15, 0.2) is 35.4 Å². The summed E-state index contributed by atoms with van der Waals surface area (Å²) in [6, 6.07) is 8.23. The summed E-state index contributed by atoms with van der Waals surface area (Å²) in [5.74, 6) is 0. The third-order valence-corrected chi connectivity index (χ3v) is 3.28. The molecule has 3 rings (SSSR count). The van der Waals surface area contributed by atoms with Crippen LogP contribution in [0.3, 0.4) is 0 Å². The van der Waals surface area contributed by atoms with Gasteiger partial charge in [0.15, 0.2) is 0 Å². The van der Waals surface area contributed by atoms with E-state index in [0.29, 0.717) is 0 Å². The molecule has 0 atom stereocenters. The number of fused-ring (bicyclic) bond motifs is 1. The number of aromatic nitrogens is 3. The van der Waals surface area contributed by atoms with Crippen LogP contribution in [0.2, 0.25) is 0 Å². The predicted molar refractivity (Wildman–Crippen MR) is 56.3 cm³/mol. The zero-order chi connectivity index (χ0) is 9.38. The zero-order valence-electron chi connectivity index (χ0n) is 7.27. The van der Waals surface area contributed by atoms with Gasteiger partial charge in [-0.3, -0.25) is 0 Å². The van der Waals surface area contributed by atoms with Crippen LogP contribution in [0, 0.1) is 0 Å². The monoisotopic (exact) mass is 249 g/mol. The Labute approximate surface area is 86.8 Å². The van der Waals surface area contributed by atoms with E-state index in [4.69, 9.17) is 0 Å². The molecule has 1 aromatic carbocycles. The van der Waals surface area contributed by atoms with Gasteiger partial charge in [-0.1, -0.05) is 0 Å². The summed E-state index contributed by atoms with van der Waals surface area (Å²) in [4.78, 5) is 5.33. The van der Waals surface area contributed by atoms with E-state index >= 15 is 0 Å². The standard InChI is InChI=1S/C10H7N3Se/c1-2-4-9-7(3-1)8(5-11-9)10-6-14-13-12-10/h1-6,11H. The molecular weight excluding hydrogens is 241 g/mol. The van der Waals surface area contributed by atoms with Crippen molar-refractivity contribution < 1.29 is 0 Å². The van der Waals surface area contributed by atoms with Crippen LogP contribution in [0.5, 0.6) is 0 Å². The van der Waals surface area contributed by atoms with Crippen molar-refractivity contribution in [2.75, 3.05) is 0 Å². The molecule has 0 radical (unpaired) electrons. The van der Waals surface area contributed by atoms with Gasteiger partial charge in [0.05, 0.1) is 0 Å². The second-order valence-corrected chi connectivity index (χ2v) is 4.32. The van der Waals surface area contributed by atoms with E-state index in [9.17, 15) is 0 Å². The fourth-order valence-corrected chi connectivity index (χ4v) is 2.52. The first kappa shape index (κ1) is 7.97. The van der Waals surface area contributed by atoms with Crippen LogP contribution in [-0.2, 0) is 0 Å². The van der Waals surface area contributed by atoms with E-state index in [-0.39, 0.29) is 14.7 Å². The van der Waals surface area contributed by atoms with Gasteiger partial charge < -0.3 is 0 Å². The van der Waals surface area contributed by atoms with Gasteiger partial charge >= 0.3 is 86.5 Å². The predicted octanol–water partition coefficient (Wildman–Crippen LogP) is 1.68. The molecule has 14 heavy (non-hydrogen) atoms. The Hall–Kier alpha value is -1.38. The fourth-order valence-electron chi connectivity index (χ4n) is 1.57. The molecule has 1 N–H and O–H groups in total. The van der Waals surface area contributed by atoms with Crippen LogP contribution in [0.25, 0.3) is 22.2 Å². The Morgan fingerprint density at radius 1 is 1.21 bits per heavy atom. The quantitative estimate of drug-likeness (QED) is 0.666. The second-order valence-electron chi connectivity index (χ2n) is 3.04. The number of benzene rings is 1. The first-order chi connectivity index (χ1) is 6.95. The van der Waals surface area contributed by atoms with E-state index in [0.717, 1.165) is 16.8 Å². The van der Waals surface area contributed by atoms with Gasteiger partial charge in [0, 0.05) is 0 Å². The summed E-state index contributed by atoms with van der Waals surface area (Å²) < 4.78 is 4.01. The van der Waals surface area contributed by atoms with Crippen LogP contribution >= 0.6 is 0 Å². The number of rotatable bonds is 1. The fraction of sp³-hybridized carbons (Fsp3) is 0. The molecule has 0 bridgehead atoms. The first-order valence-electron chi connectivity index (χ1n) is 4.29. The third kappa shape index (κ3) is 1.12. The Morgan fingerprint density at radius 3 is 3.00 bits per heavy atom. The Morgan fingerprint density at radius 2 is 2.14 bits per heavy atom. The number of nitrogens with zero attached hydrogens (tertiary/aromatic N) is 2. The zero-order valence-corrected chi connectivity index (χ0v) is 8.98. The molecule has 0 saturated heterocycles. The van der Waals surface area contributed by atoms with E-state index in [1.807, 2.05) is 18.3 Å². The van der Waals surface area contributed by atoms with Crippen molar-refractivity contribution in [3.63, 3.8) is 0 Å². The molecule has 0 unspecified atom stereocenters. The van der Waals surface area contributed by atoms with Crippen molar-refractivity contribution >= 4 is 25.6 Å². The summed E-state index contributed by atoms with van der Waals surface area (Å²) in [7, 11) is 0. The van der Waals surface area contributed by atoms with Crippen molar-refractivity contribution in [1.29, 1.82) is 0 Å². The van der Waals surface area contributed by atoms with Crippen molar-refractivity contribution in [2.24, 2.45) is 0 Å². The van der Waals surface area contributed by atoms with E-state index in [1.165, 1.54) is 5.39 Å². The molecule has 68 valence electrons. The molecule has 4 heteroatoms. The second kappa shape index (κ2) is 3.08. The average Bonchev–Trinajstić information content (AvgIpc) is 2.85. The van der Waals surface area contributed by atoms with E-state index < -0.39 is 0 Å². The number of aromatic amines is 1. The van der Waals surface area contributed by atoms with Gasteiger partial charge in [-0.15, -0.1) is 0 Å². The third-order valence-electron chi connectivity index (χ3n) is 2.23. The van der Waals surface area contributed by atoms with Crippen molar-refractivity contribution in [3.8, 4) is 11.3 Å². The van der Waals surface area contributed by atoms with Crippen LogP contribution in [-0.4, -0.2) is 28.9 Å². The number of nitrogens with one attached hydrogen (secondary N) is 1. The van der Waals surface area contributed by atoms with Crippen LogP contribution < -0.4 is 0 Å². The van der Waals surface area contributed by atoms with Crippen molar-refractivity contribution in [2.45, 2.75) is 0 Å². The molecule has 0 aliphatic carbocycles. The molecule has 2 heterocycles.